The van der Waals surface area contributed by atoms with E-state index in [0.717, 1.165) is 5.69 Å². The molecule has 238 valence electrons. The Hall–Kier alpha value is -6.18. The number of rotatable bonds is 6. The third-order valence-corrected chi connectivity index (χ3v) is 10.5. The number of benzene rings is 8. The average Bonchev–Trinajstić information content (AvgIpc) is 3.43. The molecule has 0 atom stereocenters. The van der Waals surface area contributed by atoms with Gasteiger partial charge in [0.1, 0.15) is 0 Å². The summed E-state index contributed by atoms with van der Waals surface area (Å²) >= 11 is 0. The first kappa shape index (κ1) is 29.9. The smallest absolute Gasteiger partial charge is 0.0540 e. The van der Waals surface area contributed by atoms with Crippen molar-refractivity contribution in [3.05, 3.63) is 199 Å². The highest BCUT2D eigenvalue weighted by Gasteiger charge is 2.40. The van der Waals surface area contributed by atoms with Crippen molar-refractivity contribution in [3.63, 3.8) is 0 Å². The Morgan fingerprint density at radius 3 is 1.72 bits per heavy atom. The molecular formula is C49H37N. The molecule has 1 nitrogen and oxygen atoms in total. The van der Waals surface area contributed by atoms with Gasteiger partial charge in [0.2, 0.25) is 0 Å². The quantitative estimate of drug-likeness (QED) is 0.175. The predicted octanol–water partition coefficient (Wildman–Crippen LogP) is 13.6. The SMILES string of the molecule is CC1(C)c2ccccc2-c2c(-c3ccccc3-c3ccccc3)ccc(N(c3ccc(-c4ccccc4)cc3)c3cccc4ccccc34)c21. The van der Waals surface area contributed by atoms with Gasteiger partial charge in [0.15, 0.2) is 0 Å². The van der Waals surface area contributed by atoms with E-state index in [4.69, 9.17) is 0 Å². The van der Waals surface area contributed by atoms with Crippen LogP contribution in [0.5, 0.6) is 0 Å². The molecule has 0 amide bonds. The summed E-state index contributed by atoms with van der Waals surface area (Å²) < 4.78 is 0. The summed E-state index contributed by atoms with van der Waals surface area (Å²) in [5, 5.41) is 2.45. The summed E-state index contributed by atoms with van der Waals surface area (Å²) in [6.07, 6.45) is 0. The van der Waals surface area contributed by atoms with Crippen LogP contribution in [0, 0.1) is 0 Å². The molecule has 0 N–H and O–H groups in total. The van der Waals surface area contributed by atoms with Crippen LogP contribution < -0.4 is 4.90 Å². The van der Waals surface area contributed by atoms with Gasteiger partial charge >= 0.3 is 0 Å². The normalized spacial score (nSPS) is 12.8. The Labute approximate surface area is 294 Å². The third-order valence-electron chi connectivity index (χ3n) is 10.5. The predicted molar refractivity (Wildman–Crippen MR) is 213 cm³/mol. The summed E-state index contributed by atoms with van der Waals surface area (Å²) in [7, 11) is 0. The summed E-state index contributed by atoms with van der Waals surface area (Å²) in [5.41, 5.74) is 16.0. The van der Waals surface area contributed by atoms with Gasteiger partial charge in [-0.05, 0) is 85.3 Å². The van der Waals surface area contributed by atoms with Crippen LogP contribution in [0.15, 0.2) is 188 Å². The number of nitrogens with zero attached hydrogens (tertiary/aromatic N) is 1. The second kappa shape index (κ2) is 12.1. The molecule has 0 heterocycles. The monoisotopic (exact) mass is 639 g/mol. The molecule has 0 unspecified atom stereocenters. The first-order valence-electron chi connectivity index (χ1n) is 17.5. The van der Waals surface area contributed by atoms with Crippen molar-refractivity contribution in [1.82, 2.24) is 0 Å². The van der Waals surface area contributed by atoms with Gasteiger partial charge in [-0.25, -0.2) is 0 Å². The molecule has 0 radical (unpaired) electrons. The molecular weight excluding hydrogens is 603 g/mol. The Balaban J connectivity index is 1.33. The van der Waals surface area contributed by atoms with Crippen LogP contribution in [0.25, 0.3) is 55.3 Å². The Kier molecular flexibility index (Phi) is 7.21. The lowest BCUT2D eigenvalue weighted by Gasteiger charge is -2.33. The minimum atomic E-state index is -0.244. The Bertz CT molecular complexity index is 2490. The van der Waals surface area contributed by atoms with Gasteiger partial charge in [0.25, 0.3) is 0 Å². The van der Waals surface area contributed by atoms with E-state index in [1.54, 1.807) is 0 Å². The van der Waals surface area contributed by atoms with E-state index in [9.17, 15) is 0 Å². The summed E-state index contributed by atoms with van der Waals surface area (Å²) in [5.74, 6) is 0. The van der Waals surface area contributed by atoms with E-state index in [1.807, 2.05) is 0 Å². The zero-order chi connectivity index (χ0) is 33.7. The number of anilines is 3. The van der Waals surface area contributed by atoms with Crippen molar-refractivity contribution in [2.75, 3.05) is 4.90 Å². The molecule has 0 saturated carbocycles. The first-order valence-corrected chi connectivity index (χ1v) is 17.5. The van der Waals surface area contributed by atoms with E-state index in [2.05, 4.69) is 207 Å². The molecule has 0 fully saturated rings. The van der Waals surface area contributed by atoms with Crippen molar-refractivity contribution < 1.29 is 0 Å². The summed E-state index contributed by atoms with van der Waals surface area (Å²) in [6.45, 7) is 4.79. The van der Waals surface area contributed by atoms with Crippen LogP contribution in [0.3, 0.4) is 0 Å². The van der Waals surface area contributed by atoms with Gasteiger partial charge in [-0.1, -0.05) is 178 Å². The lowest BCUT2D eigenvalue weighted by Crippen LogP contribution is -2.21. The van der Waals surface area contributed by atoms with Crippen LogP contribution in [0.4, 0.5) is 17.1 Å². The molecule has 0 aliphatic heterocycles. The minimum absolute atomic E-state index is 0.244. The highest BCUT2D eigenvalue weighted by Crippen LogP contribution is 2.58. The Morgan fingerprint density at radius 2 is 0.960 bits per heavy atom. The summed E-state index contributed by atoms with van der Waals surface area (Å²) in [4.78, 5) is 2.50. The zero-order valence-corrected chi connectivity index (χ0v) is 28.3. The average molecular weight is 640 g/mol. The summed E-state index contributed by atoms with van der Waals surface area (Å²) in [6, 6.07) is 68.5. The van der Waals surface area contributed by atoms with Gasteiger partial charge in [-0.3, -0.25) is 0 Å². The van der Waals surface area contributed by atoms with Gasteiger partial charge in [0.05, 0.1) is 11.4 Å². The second-order valence-electron chi connectivity index (χ2n) is 13.7. The zero-order valence-electron chi connectivity index (χ0n) is 28.3. The molecule has 9 rings (SSSR count). The maximum atomic E-state index is 2.50. The van der Waals surface area contributed by atoms with Crippen LogP contribution in [0.2, 0.25) is 0 Å². The molecule has 1 aliphatic carbocycles. The van der Waals surface area contributed by atoms with Crippen molar-refractivity contribution in [2.45, 2.75) is 19.3 Å². The molecule has 0 saturated heterocycles. The van der Waals surface area contributed by atoms with Crippen molar-refractivity contribution in [2.24, 2.45) is 0 Å². The van der Waals surface area contributed by atoms with Gasteiger partial charge in [0, 0.05) is 16.5 Å². The minimum Gasteiger partial charge on any atom is -0.310 e. The fourth-order valence-corrected chi connectivity index (χ4v) is 8.13. The lowest BCUT2D eigenvalue weighted by atomic mass is 9.80. The van der Waals surface area contributed by atoms with Crippen LogP contribution in [-0.2, 0) is 5.41 Å². The van der Waals surface area contributed by atoms with E-state index in [1.165, 1.54) is 77.8 Å². The molecule has 0 spiro atoms. The first-order chi connectivity index (χ1) is 24.6. The van der Waals surface area contributed by atoms with Crippen molar-refractivity contribution in [1.29, 1.82) is 0 Å². The van der Waals surface area contributed by atoms with Crippen molar-refractivity contribution >= 4 is 27.8 Å². The Morgan fingerprint density at radius 1 is 0.380 bits per heavy atom. The lowest BCUT2D eigenvalue weighted by molar-refractivity contribution is 0.661. The molecule has 8 aromatic carbocycles. The molecule has 0 bridgehead atoms. The largest absolute Gasteiger partial charge is 0.310 e. The van der Waals surface area contributed by atoms with Crippen LogP contribution >= 0.6 is 0 Å². The topological polar surface area (TPSA) is 3.24 Å². The highest BCUT2D eigenvalue weighted by atomic mass is 15.1. The number of hydrogen-bond donors (Lipinski definition) is 0. The van der Waals surface area contributed by atoms with Gasteiger partial charge in [-0.2, -0.15) is 0 Å². The standard InChI is InChI=1S/C49H37N/c1-49(2)44-26-14-13-25-43(44)47-42(41-24-12-11-22-39(41)36-18-7-4-8-19-36)32-33-46(48(47)49)50(45-27-15-21-37-20-9-10-23-40(37)45)38-30-28-35(29-31-38)34-16-5-3-6-17-34/h3-33H,1-2H3. The molecule has 50 heavy (non-hydrogen) atoms. The van der Waals surface area contributed by atoms with E-state index in [-0.39, 0.29) is 5.41 Å². The number of fused-ring (bicyclic) bond motifs is 4. The van der Waals surface area contributed by atoms with Gasteiger partial charge < -0.3 is 4.90 Å². The highest BCUT2D eigenvalue weighted by molar-refractivity contribution is 6.04. The van der Waals surface area contributed by atoms with E-state index in [0.29, 0.717) is 0 Å². The molecule has 1 heteroatoms. The van der Waals surface area contributed by atoms with Crippen molar-refractivity contribution in [3.8, 4) is 44.5 Å². The van der Waals surface area contributed by atoms with E-state index < -0.39 is 0 Å². The third kappa shape index (κ3) is 4.85. The molecule has 8 aromatic rings. The molecule has 1 aliphatic rings. The second-order valence-corrected chi connectivity index (χ2v) is 13.7. The number of hydrogen-bond acceptors (Lipinski definition) is 1. The van der Waals surface area contributed by atoms with E-state index >= 15 is 0 Å². The fraction of sp³-hybridized carbons (Fsp3) is 0.0612. The maximum Gasteiger partial charge on any atom is 0.0540 e. The van der Waals surface area contributed by atoms with Crippen LogP contribution in [-0.4, -0.2) is 0 Å². The van der Waals surface area contributed by atoms with Crippen LogP contribution in [0.1, 0.15) is 25.0 Å². The fourth-order valence-electron chi connectivity index (χ4n) is 8.13. The van der Waals surface area contributed by atoms with Gasteiger partial charge in [-0.15, -0.1) is 0 Å². The molecule has 0 aromatic heterocycles. The maximum absolute atomic E-state index is 2.50.